The van der Waals surface area contributed by atoms with Crippen molar-refractivity contribution in [3.63, 3.8) is 0 Å². The molecule has 2 aromatic carbocycles. The number of rotatable bonds is 4. The smallest absolute Gasteiger partial charge is 0.206 e. The van der Waals surface area contributed by atoms with E-state index in [1.807, 2.05) is 70.2 Å². The van der Waals surface area contributed by atoms with E-state index in [9.17, 15) is 8.42 Å². The molecule has 0 saturated carbocycles. The van der Waals surface area contributed by atoms with Gasteiger partial charge in [-0.3, -0.25) is 0 Å². The lowest BCUT2D eigenvalue weighted by Gasteiger charge is -2.09. The SMILES string of the molecule is CC.COc1ccc(-c2ccc(S(=O)(=O)C3=CC=C(C)CC=C3)cc2)cc1C.O.[HH]. The molecule has 0 radical (unpaired) electrons. The molecule has 0 aromatic heterocycles. The number of ether oxygens (including phenoxy) is 1. The normalized spacial score (nSPS) is 13.1. The number of benzene rings is 2. The first-order valence-corrected chi connectivity index (χ1v) is 10.9. The third-order valence-electron chi connectivity index (χ3n) is 4.46. The monoisotopic (exact) mass is 416 g/mol. The second-order valence-electron chi connectivity index (χ2n) is 6.40. The van der Waals surface area contributed by atoms with Crippen molar-refractivity contribution in [1.82, 2.24) is 0 Å². The van der Waals surface area contributed by atoms with Gasteiger partial charge in [-0.15, -0.1) is 0 Å². The molecule has 0 heterocycles. The fourth-order valence-corrected chi connectivity index (χ4v) is 4.20. The molecule has 0 saturated heterocycles. The predicted octanol–water partition coefficient (Wildman–Crippen LogP) is 5.68. The van der Waals surface area contributed by atoms with Crippen molar-refractivity contribution < 1.29 is 20.1 Å². The Morgan fingerprint density at radius 3 is 2.14 bits per heavy atom. The molecule has 0 atom stereocenters. The van der Waals surface area contributed by atoms with Crippen LogP contribution in [-0.4, -0.2) is 21.0 Å². The summed E-state index contributed by atoms with van der Waals surface area (Å²) in [7, 11) is -1.87. The molecule has 0 spiro atoms. The topological polar surface area (TPSA) is 74.9 Å². The summed E-state index contributed by atoms with van der Waals surface area (Å²) in [5.41, 5.74) is 4.17. The van der Waals surface area contributed by atoms with Crippen molar-refractivity contribution in [3.8, 4) is 16.9 Å². The Labute approximate surface area is 176 Å². The van der Waals surface area contributed by atoms with Gasteiger partial charge < -0.3 is 10.2 Å². The number of hydrogen-bond acceptors (Lipinski definition) is 3. The second kappa shape index (κ2) is 10.8. The number of aryl methyl sites for hydroxylation is 1. The molecular weight excluding hydrogens is 384 g/mol. The molecular formula is C24H32O4S. The summed E-state index contributed by atoms with van der Waals surface area (Å²) in [6, 6.07) is 12.9. The van der Waals surface area contributed by atoms with Gasteiger partial charge in [-0.2, -0.15) is 0 Å². The fourth-order valence-electron chi connectivity index (χ4n) is 2.91. The van der Waals surface area contributed by atoms with E-state index in [0.717, 1.165) is 34.4 Å². The van der Waals surface area contributed by atoms with Crippen LogP contribution in [0.3, 0.4) is 0 Å². The highest BCUT2D eigenvalue weighted by molar-refractivity contribution is 7.95. The average Bonchev–Trinajstić information content (AvgIpc) is 2.94. The minimum absolute atomic E-state index is 0. The molecule has 0 fully saturated rings. The van der Waals surface area contributed by atoms with Crippen LogP contribution < -0.4 is 4.74 Å². The molecule has 5 heteroatoms. The zero-order valence-corrected chi connectivity index (χ0v) is 18.5. The van der Waals surface area contributed by atoms with E-state index in [1.165, 1.54) is 0 Å². The third-order valence-corrected chi connectivity index (χ3v) is 6.24. The first-order valence-electron chi connectivity index (χ1n) is 9.46. The van der Waals surface area contributed by atoms with Crippen LogP contribution in [0.25, 0.3) is 11.1 Å². The highest BCUT2D eigenvalue weighted by Gasteiger charge is 2.19. The Bertz CT molecular complexity index is 1020. The van der Waals surface area contributed by atoms with Crippen LogP contribution in [0.4, 0.5) is 0 Å². The maximum Gasteiger partial charge on any atom is 0.206 e. The Kier molecular flexibility index (Phi) is 9.08. The lowest BCUT2D eigenvalue weighted by molar-refractivity contribution is 0.412. The van der Waals surface area contributed by atoms with Gasteiger partial charge >= 0.3 is 0 Å². The molecule has 1 aliphatic carbocycles. The highest BCUT2D eigenvalue weighted by Crippen LogP contribution is 2.29. The van der Waals surface area contributed by atoms with Crippen molar-refractivity contribution in [3.05, 3.63) is 82.8 Å². The van der Waals surface area contributed by atoms with E-state index in [1.54, 1.807) is 31.4 Å². The first-order chi connectivity index (χ1) is 13.4. The van der Waals surface area contributed by atoms with Crippen LogP contribution in [-0.2, 0) is 9.84 Å². The first kappa shape index (κ1) is 24.4. The van der Waals surface area contributed by atoms with Gasteiger partial charge in [-0.25, -0.2) is 8.42 Å². The van der Waals surface area contributed by atoms with Gasteiger partial charge in [-0.1, -0.05) is 49.8 Å². The van der Waals surface area contributed by atoms with Crippen LogP contribution in [0.15, 0.2) is 82.1 Å². The summed E-state index contributed by atoms with van der Waals surface area (Å²) in [6.07, 6.45) is 7.88. The van der Waals surface area contributed by atoms with Gasteiger partial charge in [0.1, 0.15) is 5.75 Å². The van der Waals surface area contributed by atoms with Crippen LogP contribution in [0.1, 0.15) is 34.2 Å². The van der Waals surface area contributed by atoms with Crippen molar-refractivity contribution in [2.75, 3.05) is 7.11 Å². The summed E-state index contributed by atoms with van der Waals surface area (Å²) < 4.78 is 31.0. The summed E-state index contributed by atoms with van der Waals surface area (Å²) in [4.78, 5) is 0.623. The number of sulfone groups is 1. The van der Waals surface area contributed by atoms with Crippen molar-refractivity contribution in [2.45, 2.75) is 39.0 Å². The van der Waals surface area contributed by atoms with E-state index >= 15 is 0 Å². The lowest BCUT2D eigenvalue weighted by atomic mass is 10.0. The molecule has 0 unspecified atom stereocenters. The van der Waals surface area contributed by atoms with E-state index < -0.39 is 9.84 Å². The van der Waals surface area contributed by atoms with Gasteiger partial charge in [0.2, 0.25) is 9.84 Å². The van der Waals surface area contributed by atoms with E-state index in [2.05, 4.69) is 0 Å². The van der Waals surface area contributed by atoms with Crippen LogP contribution in [0, 0.1) is 6.92 Å². The van der Waals surface area contributed by atoms with Crippen LogP contribution in [0.5, 0.6) is 5.75 Å². The summed E-state index contributed by atoms with van der Waals surface area (Å²) in [6.45, 7) is 7.98. The van der Waals surface area contributed by atoms with E-state index in [0.29, 0.717) is 9.80 Å². The highest BCUT2D eigenvalue weighted by atomic mass is 32.2. The lowest BCUT2D eigenvalue weighted by Crippen LogP contribution is -2.03. The van der Waals surface area contributed by atoms with Crippen molar-refractivity contribution in [2.24, 2.45) is 0 Å². The van der Waals surface area contributed by atoms with Gasteiger partial charge in [0.25, 0.3) is 0 Å². The maximum absolute atomic E-state index is 12.9. The van der Waals surface area contributed by atoms with E-state index in [4.69, 9.17) is 4.74 Å². The van der Waals surface area contributed by atoms with Crippen LogP contribution >= 0.6 is 0 Å². The molecule has 1 aliphatic rings. The Hall–Kier alpha value is -2.63. The molecule has 2 N–H and O–H groups in total. The Balaban J connectivity index is 0.00000204. The molecule has 0 aliphatic heterocycles. The van der Waals surface area contributed by atoms with Gasteiger partial charge in [0.15, 0.2) is 0 Å². The summed E-state index contributed by atoms with van der Waals surface area (Å²) >= 11 is 0. The van der Waals surface area contributed by atoms with Gasteiger partial charge in [0, 0.05) is 1.43 Å². The molecule has 29 heavy (non-hydrogen) atoms. The molecule has 158 valence electrons. The maximum atomic E-state index is 12.9. The average molecular weight is 417 g/mol. The van der Waals surface area contributed by atoms with E-state index in [-0.39, 0.29) is 6.90 Å². The zero-order chi connectivity index (χ0) is 20.7. The quantitative estimate of drug-likeness (QED) is 0.643. The van der Waals surface area contributed by atoms with Crippen molar-refractivity contribution >= 4 is 9.84 Å². The molecule has 3 rings (SSSR count). The molecule has 4 nitrogen and oxygen atoms in total. The largest absolute Gasteiger partial charge is 0.496 e. The molecule has 2 aromatic rings. The van der Waals surface area contributed by atoms with Crippen LogP contribution in [0.2, 0.25) is 0 Å². The third kappa shape index (κ3) is 5.68. The molecule has 0 bridgehead atoms. The minimum Gasteiger partial charge on any atom is -0.496 e. The minimum atomic E-state index is -3.52. The number of allylic oxidation sites excluding steroid dienone is 5. The number of hydrogen-bond donors (Lipinski definition) is 0. The number of methoxy groups -OCH3 is 1. The van der Waals surface area contributed by atoms with Gasteiger partial charge in [-0.05, 0) is 73.4 Å². The Morgan fingerprint density at radius 1 is 0.931 bits per heavy atom. The second-order valence-corrected chi connectivity index (χ2v) is 8.35. The summed E-state index contributed by atoms with van der Waals surface area (Å²) in [5.74, 6) is 0.836. The standard InChI is InChI=1S/C22H22O3S.C2H6.H2O.H2/c1-16-5-4-6-20(11-7-16)26(23,24)21-12-8-18(9-13-21)19-10-14-22(25-3)17(2)15-19;1-2;;/h4,6-15H,5H2,1-3H3;1-2H3;1H2;1H. The molecule has 0 amide bonds. The van der Waals surface area contributed by atoms with Crippen molar-refractivity contribution in [1.29, 1.82) is 0 Å². The zero-order valence-electron chi connectivity index (χ0n) is 17.7. The fraction of sp³-hybridized carbons (Fsp3) is 0.250. The predicted molar refractivity (Wildman–Crippen MR) is 123 cm³/mol. The Morgan fingerprint density at radius 2 is 1.55 bits per heavy atom. The van der Waals surface area contributed by atoms with Gasteiger partial charge in [0.05, 0.1) is 16.9 Å². The summed E-state index contributed by atoms with van der Waals surface area (Å²) in [5, 5.41) is 0.